The molecule has 1 aromatic heterocycles. The highest BCUT2D eigenvalue weighted by Crippen LogP contribution is 2.20. The van der Waals surface area contributed by atoms with E-state index >= 15 is 0 Å². The Morgan fingerprint density at radius 1 is 1.12 bits per heavy atom. The molecule has 0 radical (unpaired) electrons. The number of hydrogen-bond donors (Lipinski definition) is 0. The van der Waals surface area contributed by atoms with E-state index in [4.69, 9.17) is 4.74 Å². The van der Waals surface area contributed by atoms with Gasteiger partial charge in [0, 0.05) is 25.0 Å². The average molecular weight is 346 g/mol. The van der Waals surface area contributed by atoms with Crippen LogP contribution in [0.25, 0.3) is 0 Å². The maximum absolute atomic E-state index is 11.6. The van der Waals surface area contributed by atoms with Gasteiger partial charge in [-0.1, -0.05) is 12.1 Å². The Bertz CT molecular complexity index is 761. The second kappa shape index (κ2) is 7.32. The first-order valence-corrected chi connectivity index (χ1v) is 9.85. The van der Waals surface area contributed by atoms with Crippen LogP contribution in [-0.2, 0) is 23.0 Å². The Labute approximate surface area is 143 Å². The van der Waals surface area contributed by atoms with Crippen molar-refractivity contribution in [2.75, 3.05) is 18.6 Å². The van der Waals surface area contributed by atoms with Crippen LogP contribution in [0.4, 0.5) is 0 Å². The van der Waals surface area contributed by atoms with Crippen LogP contribution in [0.15, 0.2) is 48.8 Å². The van der Waals surface area contributed by atoms with Gasteiger partial charge in [0.25, 0.3) is 0 Å². The van der Waals surface area contributed by atoms with Crippen LogP contribution in [0.2, 0.25) is 0 Å². The quantitative estimate of drug-likeness (QED) is 0.803. The summed E-state index contributed by atoms with van der Waals surface area (Å²) in [6.07, 6.45) is 4.23. The Kier molecular flexibility index (Phi) is 5.16. The van der Waals surface area contributed by atoms with Gasteiger partial charge in [-0.2, -0.15) is 0 Å². The normalized spacial score (nSPS) is 19.5. The molecule has 0 amide bonds. The summed E-state index contributed by atoms with van der Waals surface area (Å²) in [7, 11) is -0.854. The van der Waals surface area contributed by atoms with Crippen LogP contribution in [0.1, 0.15) is 17.5 Å². The summed E-state index contributed by atoms with van der Waals surface area (Å²) in [5.74, 6) is 1.40. The van der Waals surface area contributed by atoms with E-state index in [1.807, 2.05) is 43.4 Å². The number of benzene rings is 1. The van der Waals surface area contributed by atoms with Crippen LogP contribution >= 0.6 is 0 Å². The summed E-state index contributed by atoms with van der Waals surface area (Å²) in [5, 5.41) is 0. The third kappa shape index (κ3) is 4.55. The van der Waals surface area contributed by atoms with Gasteiger partial charge in [-0.15, -0.1) is 0 Å². The zero-order valence-electron chi connectivity index (χ0n) is 13.8. The smallest absolute Gasteiger partial charge is 0.151 e. The van der Waals surface area contributed by atoms with E-state index in [0.29, 0.717) is 12.4 Å². The maximum Gasteiger partial charge on any atom is 0.151 e. The summed E-state index contributed by atoms with van der Waals surface area (Å²) in [6, 6.07) is 11.9. The summed E-state index contributed by atoms with van der Waals surface area (Å²) in [5.41, 5.74) is 2.23. The van der Waals surface area contributed by atoms with Crippen molar-refractivity contribution < 1.29 is 13.2 Å². The Morgan fingerprint density at radius 2 is 1.83 bits per heavy atom. The molecule has 5 nitrogen and oxygen atoms in total. The molecule has 0 unspecified atom stereocenters. The zero-order valence-corrected chi connectivity index (χ0v) is 14.6. The van der Waals surface area contributed by atoms with Crippen molar-refractivity contribution in [1.29, 1.82) is 0 Å². The van der Waals surface area contributed by atoms with Gasteiger partial charge in [0.05, 0.1) is 11.5 Å². The van der Waals surface area contributed by atoms with E-state index in [0.717, 1.165) is 29.8 Å². The van der Waals surface area contributed by atoms with Gasteiger partial charge in [-0.05, 0) is 48.9 Å². The molecule has 0 spiro atoms. The Morgan fingerprint density at radius 3 is 2.46 bits per heavy atom. The lowest BCUT2D eigenvalue weighted by Crippen LogP contribution is -2.32. The van der Waals surface area contributed by atoms with Crippen LogP contribution in [-0.4, -0.2) is 42.9 Å². The first kappa shape index (κ1) is 16.9. The summed E-state index contributed by atoms with van der Waals surface area (Å²) in [4.78, 5) is 6.11. The topological polar surface area (TPSA) is 59.5 Å². The predicted octanol–water partition coefficient (Wildman–Crippen LogP) is 2.28. The van der Waals surface area contributed by atoms with E-state index in [1.54, 1.807) is 12.4 Å². The van der Waals surface area contributed by atoms with E-state index in [2.05, 4.69) is 9.88 Å². The van der Waals surface area contributed by atoms with Crippen molar-refractivity contribution in [3.8, 4) is 5.75 Å². The number of aromatic nitrogens is 1. The number of hydrogen-bond acceptors (Lipinski definition) is 5. The number of nitrogens with zero attached hydrogens (tertiary/aromatic N) is 2. The van der Waals surface area contributed by atoms with Crippen LogP contribution in [0.3, 0.4) is 0 Å². The second-order valence-corrected chi connectivity index (χ2v) is 8.49. The number of ether oxygens (including phenoxy) is 1. The van der Waals surface area contributed by atoms with Gasteiger partial charge >= 0.3 is 0 Å². The highest BCUT2D eigenvalue weighted by molar-refractivity contribution is 7.91. The van der Waals surface area contributed by atoms with Gasteiger partial charge < -0.3 is 4.74 Å². The molecular formula is C18H22N2O3S. The monoisotopic (exact) mass is 346 g/mol. The van der Waals surface area contributed by atoms with Crippen LogP contribution < -0.4 is 4.74 Å². The minimum Gasteiger partial charge on any atom is -0.489 e. The fraction of sp³-hybridized carbons (Fsp3) is 0.389. The SMILES string of the molecule is CN(Cc1ccc(OCc2ccncc2)cc1)[C@@H]1CCS(=O)(=O)C1. The molecule has 24 heavy (non-hydrogen) atoms. The molecule has 1 fully saturated rings. The molecule has 2 heterocycles. The van der Waals surface area contributed by atoms with Crippen molar-refractivity contribution in [3.63, 3.8) is 0 Å². The fourth-order valence-corrected chi connectivity index (χ4v) is 4.68. The zero-order chi connectivity index (χ0) is 17.0. The molecule has 1 atom stereocenters. The Hall–Kier alpha value is -1.92. The molecule has 1 aliphatic heterocycles. The fourth-order valence-electron chi connectivity index (χ4n) is 2.88. The van der Waals surface area contributed by atoms with Gasteiger partial charge in [-0.25, -0.2) is 8.42 Å². The Balaban J connectivity index is 1.53. The standard InChI is InChI=1S/C18H22N2O3S/c1-20(17-8-11-24(21,22)14-17)12-15-2-4-18(5-3-15)23-13-16-6-9-19-10-7-16/h2-7,9-10,17H,8,11-14H2,1H3/t17-/m1/s1. The molecule has 0 saturated carbocycles. The molecule has 6 heteroatoms. The number of pyridine rings is 1. The van der Waals surface area contributed by atoms with Crippen molar-refractivity contribution in [2.24, 2.45) is 0 Å². The first-order chi connectivity index (χ1) is 11.5. The van der Waals surface area contributed by atoms with E-state index in [-0.39, 0.29) is 11.8 Å². The molecule has 3 rings (SSSR count). The molecule has 2 aromatic rings. The average Bonchev–Trinajstić information content (AvgIpc) is 2.95. The van der Waals surface area contributed by atoms with Gasteiger partial charge in [0.1, 0.15) is 12.4 Å². The summed E-state index contributed by atoms with van der Waals surface area (Å²) >= 11 is 0. The lowest BCUT2D eigenvalue weighted by molar-refractivity contribution is 0.253. The second-order valence-electron chi connectivity index (χ2n) is 6.26. The number of sulfone groups is 1. The van der Waals surface area contributed by atoms with Crippen molar-refractivity contribution in [1.82, 2.24) is 9.88 Å². The molecule has 0 bridgehead atoms. The van der Waals surface area contributed by atoms with Crippen molar-refractivity contribution in [2.45, 2.75) is 25.6 Å². The molecule has 1 aromatic carbocycles. The molecular weight excluding hydrogens is 324 g/mol. The highest BCUT2D eigenvalue weighted by atomic mass is 32.2. The van der Waals surface area contributed by atoms with E-state index in [1.165, 1.54) is 0 Å². The van der Waals surface area contributed by atoms with Gasteiger partial charge in [0.15, 0.2) is 9.84 Å². The van der Waals surface area contributed by atoms with Crippen LogP contribution in [0.5, 0.6) is 5.75 Å². The lowest BCUT2D eigenvalue weighted by atomic mass is 10.1. The third-order valence-corrected chi connectivity index (χ3v) is 6.09. The van der Waals surface area contributed by atoms with E-state index < -0.39 is 9.84 Å². The highest BCUT2D eigenvalue weighted by Gasteiger charge is 2.30. The minimum absolute atomic E-state index is 0.123. The lowest BCUT2D eigenvalue weighted by Gasteiger charge is -2.23. The molecule has 0 N–H and O–H groups in total. The minimum atomic E-state index is -2.84. The molecule has 128 valence electrons. The maximum atomic E-state index is 11.6. The molecule has 1 aliphatic rings. The van der Waals surface area contributed by atoms with Gasteiger partial charge in [-0.3, -0.25) is 9.88 Å². The van der Waals surface area contributed by atoms with Gasteiger partial charge in [0.2, 0.25) is 0 Å². The predicted molar refractivity (Wildman–Crippen MR) is 93.5 cm³/mol. The summed E-state index contributed by atoms with van der Waals surface area (Å²) < 4.78 is 28.9. The third-order valence-electron chi connectivity index (χ3n) is 4.34. The van der Waals surface area contributed by atoms with Crippen molar-refractivity contribution >= 4 is 9.84 Å². The van der Waals surface area contributed by atoms with Crippen LogP contribution in [0, 0.1) is 0 Å². The van der Waals surface area contributed by atoms with E-state index in [9.17, 15) is 8.42 Å². The molecule has 1 saturated heterocycles. The molecule has 0 aliphatic carbocycles. The van der Waals surface area contributed by atoms with Crippen molar-refractivity contribution in [3.05, 3.63) is 59.9 Å². The summed E-state index contributed by atoms with van der Waals surface area (Å²) in [6.45, 7) is 1.26. The largest absolute Gasteiger partial charge is 0.489 e. The number of rotatable bonds is 6. The first-order valence-electron chi connectivity index (χ1n) is 8.03.